The molecule has 2 aromatic rings. The van der Waals surface area contributed by atoms with E-state index in [9.17, 15) is 8.42 Å². The molecule has 6 nitrogen and oxygen atoms in total. The second kappa shape index (κ2) is 5.07. The highest BCUT2D eigenvalue weighted by atomic mass is 32.2. The second-order valence-corrected chi connectivity index (χ2v) is 6.93. The highest BCUT2D eigenvalue weighted by Gasteiger charge is 2.19. The average molecular weight is 306 g/mol. The minimum absolute atomic E-state index is 0.281. The molecule has 0 atom stereocenters. The van der Waals surface area contributed by atoms with E-state index in [2.05, 4.69) is 15.1 Å². The highest BCUT2D eigenvalue weighted by molar-refractivity contribution is 7.92. The van der Waals surface area contributed by atoms with Crippen molar-refractivity contribution in [3.8, 4) is 0 Å². The lowest BCUT2D eigenvalue weighted by Crippen LogP contribution is -2.17. The van der Waals surface area contributed by atoms with Crippen LogP contribution in [0.25, 0.3) is 0 Å². The zero-order valence-electron chi connectivity index (χ0n) is 12.0. The smallest absolute Gasteiger partial charge is 0.263 e. The first kappa shape index (κ1) is 13.9. The van der Waals surface area contributed by atoms with E-state index < -0.39 is 10.0 Å². The molecular weight excluding hydrogens is 288 g/mol. The molecule has 0 amide bonds. The Hall–Kier alpha value is -2.02. The maximum atomic E-state index is 12.5. The van der Waals surface area contributed by atoms with Crippen LogP contribution in [-0.4, -0.2) is 24.7 Å². The standard InChI is InChI=1S/C14H18N4O2S/c1-10-8-14(18(2)16-10)17-21(19,20)12-5-6-13-11(9-12)4-3-7-15-13/h5-6,8-9,15,17H,3-4,7H2,1-2H3. The molecule has 3 rings (SSSR count). The van der Waals surface area contributed by atoms with Gasteiger partial charge in [-0.15, -0.1) is 0 Å². The summed E-state index contributed by atoms with van der Waals surface area (Å²) in [5, 5.41) is 7.41. The number of hydrogen-bond acceptors (Lipinski definition) is 4. The van der Waals surface area contributed by atoms with Crippen molar-refractivity contribution in [2.24, 2.45) is 7.05 Å². The summed E-state index contributed by atoms with van der Waals surface area (Å²) in [4.78, 5) is 0.281. The van der Waals surface area contributed by atoms with E-state index in [-0.39, 0.29) is 4.90 Å². The summed E-state index contributed by atoms with van der Waals surface area (Å²) in [7, 11) is -1.88. The normalized spacial score (nSPS) is 14.4. The van der Waals surface area contributed by atoms with Crippen LogP contribution in [0.4, 0.5) is 11.5 Å². The van der Waals surface area contributed by atoms with Crippen LogP contribution in [0.15, 0.2) is 29.2 Å². The van der Waals surface area contributed by atoms with Crippen LogP contribution in [0, 0.1) is 6.92 Å². The lowest BCUT2D eigenvalue weighted by Gasteiger charge is -2.18. The van der Waals surface area contributed by atoms with Gasteiger partial charge in [0.1, 0.15) is 5.82 Å². The predicted molar refractivity (Wildman–Crippen MR) is 82.0 cm³/mol. The Morgan fingerprint density at radius 3 is 2.86 bits per heavy atom. The maximum absolute atomic E-state index is 12.5. The van der Waals surface area contributed by atoms with Gasteiger partial charge >= 0.3 is 0 Å². The molecule has 1 aromatic carbocycles. The molecule has 1 aliphatic rings. The van der Waals surface area contributed by atoms with E-state index in [1.165, 1.54) is 4.68 Å². The number of aryl methyl sites for hydroxylation is 3. The summed E-state index contributed by atoms with van der Waals surface area (Å²) in [6.07, 6.45) is 1.92. The Kier molecular flexibility index (Phi) is 3.36. The quantitative estimate of drug-likeness (QED) is 0.908. The molecule has 0 spiro atoms. The van der Waals surface area contributed by atoms with Crippen molar-refractivity contribution in [3.63, 3.8) is 0 Å². The Balaban J connectivity index is 1.93. The zero-order valence-corrected chi connectivity index (χ0v) is 12.9. The van der Waals surface area contributed by atoms with Gasteiger partial charge in [0.25, 0.3) is 10.0 Å². The predicted octanol–water partition coefficient (Wildman–Crippen LogP) is 1.89. The maximum Gasteiger partial charge on any atom is 0.263 e. The van der Waals surface area contributed by atoms with Gasteiger partial charge in [0.2, 0.25) is 0 Å². The molecule has 0 unspecified atom stereocenters. The number of benzene rings is 1. The monoisotopic (exact) mass is 306 g/mol. The Bertz CT molecular complexity index is 780. The number of fused-ring (bicyclic) bond motifs is 1. The summed E-state index contributed by atoms with van der Waals surface area (Å²) < 4.78 is 29.1. The minimum atomic E-state index is -3.59. The van der Waals surface area contributed by atoms with Gasteiger partial charge in [-0.3, -0.25) is 9.40 Å². The third kappa shape index (κ3) is 2.73. The van der Waals surface area contributed by atoms with Crippen LogP contribution in [0.1, 0.15) is 17.7 Å². The molecule has 21 heavy (non-hydrogen) atoms. The Morgan fingerprint density at radius 2 is 2.14 bits per heavy atom. The number of aromatic nitrogens is 2. The molecule has 0 fully saturated rings. The van der Waals surface area contributed by atoms with Crippen molar-refractivity contribution in [1.29, 1.82) is 0 Å². The third-order valence-corrected chi connectivity index (χ3v) is 4.92. The van der Waals surface area contributed by atoms with Crippen LogP contribution >= 0.6 is 0 Å². The molecule has 1 aromatic heterocycles. The first-order valence-corrected chi connectivity index (χ1v) is 8.34. The fourth-order valence-electron chi connectivity index (χ4n) is 2.52. The van der Waals surface area contributed by atoms with Crippen molar-refractivity contribution in [2.75, 3.05) is 16.6 Å². The van der Waals surface area contributed by atoms with E-state index >= 15 is 0 Å². The molecule has 0 aliphatic carbocycles. The van der Waals surface area contributed by atoms with Crippen LogP contribution in [0.2, 0.25) is 0 Å². The van der Waals surface area contributed by atoms with Crippen molar-refractivity contribution in [3.05, 3.63) is 35.5 Å². The van der Waals surface area contributed by atoms with E-state index in [1.807, 2.05) is 13.0 Å². The summed E-state index contributed by atoms with van der Waals surface area (Å²) in [5.41, 5.74) is 2.84. The topological polar surface area (TPSA) is 76.0 Å². The molecule has 2 heterocycles. The molecule has 2 N–H and O–H groups in total. The first-order valence-electron chi connectivity index (χ1n) is 6.86. The lowest BCUT2D eigenvalue weighted by atomic mass is 10.0. The van der Waals surface area contributed by atoms with E-state index in [1.54, 1.807) is 25.2 Å². The Morgan fingerprint density at radius 1 is 1.33 bits per heavy atom. The molecule has 0 saturated heterocycles. The number of nitrogens with zero attached hydrogens (tertiary/aromatic N) is 2. The largest absolute Gasteiger partial charge is 0.385 e. The molecule has 0 saturated carbocycles. The van der Waals surface area contributed by atoms with Gasteiger partial charge < -0.3 is 5.32 Å². The molecule has 7 heteroatoms. The lowest BCUT2D eigenvalue weighted by molar-refractivity contribution is 0.600. The fraction of sp³-hybridized carbons (Fsp3) is 0.357. The molecule has 1 aliphatic heterocycles. The second-order valence-electron chi connectivity index (χ2n) is 5.25. The summed E-state index contributed by atoms with van der Waals surface area (Å²) in [5.74, 6) is 0.461. The van der Waals surface area contributed by atoms with Crippen molar-refractivity contribution in [1.82, 2.24) is 9.78 Å². The molecule has 0 bridgehead atoms. The number of rotatable bonds is 3. The third-order valence-electron chi connectivity index (χ3n) is 3.57. The molecule has 0 radical (unpaired) electrons. The van der Waals surface area contributed by atoms with Gasteiger partial charge in [-0.25, -0.2) is 8.42 Å². The number of anilines is 2. The Labute approximate surface area is 124 Å². The first-order chi connectivity index (χ1) is 9.95. The van der Waals surface area contributed by atoms with Gasteiger partial charge in [-0.2, -0.15) is 5.10 Å². The van der Waals surface area contributed by atoms with Gasteiger partial charge in [-0.05, 0) is 43.5 Å². The number of nitrogens with one attached hydrogen (secondary N) is 2. The minimum Gasteiger partial charge on any atom is -0.385 e. The number of sulfonamides is 1. The van der Waals surface area contributed by atoms with Crippen LogP contribution < -0.4 is 10.0 Å². The van der Waals surface area contributed by atoms with E-state index in [4.69, 9.17) is 0 Å². The molecular formula is C14H18N4O2S. The average Bonchev–Trinajstić information content (AvgIpc) is 2.75. The van der Waals surface area contributed by atoms with Gasteiger partial charge in [0.15, 0.2) is 0 Å². The summed E-state index contributed by atoms with van der Waals surface area (Å²) in [6.45, 7) is 2.76. The van der Waals surface area contributed by atoms with Crippen molar-refractivity contribution in [2.45, 2.75) is 24.7 Å². The van der Waals surface area contributed by atoms with Gasteiger partial charge in [0, 0.05) is 25.3 Å². The SMILES string of the molecule is Cc1cc(NS(=O)(=O)c2ccc3c(c2)CCCN3)n(C)n1. The summed E-state index contributed by atoms with van der Waals surface area (Å²) >= 11 is 0. The molecule has 112 valence electrons. The van der Waals surface area contributed by atoms with Crippen LogP contribution in [-0.2, 0) is 23.5 Å². The van der Waals surface area contributed by atoms with Gasteiger partial charge in [-0.1, -0.05) is 0 Å². The van der Waals surface area contributed by atoms with Crippen LogP contribution in [0.5, 0.6) is 0 Å². The van der Waals surface area contributed by atoms with Crippen molar-refractivity contribution >= 4 is 21.5 Å². The highest BCUT2D eigenvalue weighted by Crippen LogP contribution is 2.26. The van der Waals surface area contributed by atoms with Crippen molar-refractivity contribution < 1.29 is 8.42 Å². The van der Waals surface area contributed by atoms with Crippen LogP contribution in [0.3, 0.4) is 0 Å². The zero-order chi connectivity index (χ0) is 15.0. The number of hydrogen-bond donors (Lipinski definition) is 2. The fourth-order valence-corrected chi connectivity index (χ4v) is 3.65. The summed E-state index contributed by atoms with van der Waals surface area (Å²) in [6, 6.07) is 6.91. The van der Waals surface area contributed by atoms with E-state index in [0.717, 1.165) is 36.3 Å². The van der Waals surface area contributed by atoms with Gasteiger partial charge in [0.05, 0.1) is 10.6 Å². The van der Waals surface area contributed by atoms with E-state index in [0.29, 0.717) is 5.82 Å².